The molecule has 4 rings (SSSR count). The molecule has 1 aromatic carbocycles. The quantitative estimate of drug-likeness (QED) is 0.794. The van der Waals surface area contributed by atoms with E-state index in [0.29, 0.717) is 17.1 Å². The molecule has 2 aliphatic heterocycles. The predicted octanol–water partition coefficient (Wildman–Crippen LogP) is 2.34. The molecule has 1 aromatic heterocycles. The minimum atomic E-state index is -0.360. The maximum absolute atomic E-state index is 12.4. The number of nitrogens with one attached hydrogen (secondary N) is 3. The van der Waals surface area contributed by atoms with E-state index >= 15 is 0 Å². The topological polar surface area (TPSA) is 90.1 Å². The fourth-order valence-electron chi connectivity index (χ4n) is 3.29. The van der Waals surface area contributed by atoms with Crippen LogP contribution in [0.2, 0.25) is 0 Å². The van der Waals surface area contributed by atoms with Gasteiger partial charge in [0.25, 0.3) is 5.91 Å². The van der Waals surface area contributed by atoms with Crippen LogP contribution >= 0.6 is 0 Å². The second-order valence-electron chi connectivity index (χ2n) is 5.47. The molecule has 0 bridgehead atoms. The number of nitrogens with zero attached hydrogens (tertiary/aromatic N) is 2. The lowest BCUT2D eigenvalue weighted by atomic mass is 10.0. The van der Waals surface area contributed by atoms with Crippen molar-refractivity contribution in [3.63, 3.8) is 0 Å². The average molecular weight is 297 g/mol. The number of aromatic nitrogens is 2. The third-order valence-corrected chi connectivity index (χ3v) is 4.18. The number of fused-ring (bicyclic) bond motifs is 3. The molecule has 1 atom stereocenters. The molecule has 0 aliphatic carbocycles. The van der Waals surface area contributed by atoms with Crippen LogP contribution in [0, 0.1) is 0 Å². The first-order valence-electron chi connectivity index (χ1n) is 7.25. The molecule has 7 heteroatoms. The Morgan fingerprint density at radius 3 is 3.05 bits per heavy atom. The highest BCUT2D eigenvalue weighted by Gasteiger charge is 2.41. The number of carbonyl (C=O) groups is 2. The molecule has 0 radical (unpaired) electrons. The third-order valence-electron chi connectivity index (χ3n) is 4.18. The fraction of sp³-hybridized carbons (Fsp3) is 0.267. The number of benzene rings is 1. The van der Waals surface area contributed by atoms with Crippen molar-refractivity contribution in [2.24, 2.45) is 0 Å². The highest BCUT2D eigenvalue weighted by molar-refractivity contribution is 6.05. The Morgan fingerprint density at radius 2 is 2.23 bits per heavy atom. The van der Waals surface area contributed by atoms with Gasteiger partial charge in [-0.3, -0.25) is 15.2 Å². The zero-order valence-corrected chi connectivity index (χ0v) is 11.8. The summed E-state index contributed by atoms with van der Waals surface area (Å²) in [5.41, 5.74) is 2.33. The van der Waals surface area contributed by atoms with Crippen LogP contribution in [0.25, 0.3) is 0 Å². The van der Waals surface area contributed by atoms with Crippen molar-refractivity contribution in [1.82, 2.24) is 15.1 Å². The van der Waals surface area contributed by atoms with Crippen molar-refractivity contribution in [3.8, 4) is 0 Å². The fourth-order valence-corrected chi connectivity index (χ4v) is 3.29. The van der Waals surface area contributed by atoms with E-state index < -0.39 is 0 Å². The van der Waals surface area contributed by atoms with Crippen LogP contribution in [-0.4, -0.2) is 33.6 Å². The highest BCUT2D eigenvalue weighted by Crippen LogP contribution is 2.44. The summed E-state index contributed by atoms with van der Waals surface area (Å²) in [6, 6.07) is 6.85. The van der Waals surface area contributed by atoms with Gasteiger partial charge in [0.05, 0.1) is 12.2 Å². The maximum atomic E-state index is 12.4. The molecule has 0 unspecified atom stereocenters. The Bertz CT molecular complexity index is 740. The molecule has 22 heavy (non-hydrogen) atoms. The number of carbonyl (C=O) groups excluding carboxylic acids is 2. The summed E-state index contributed by atoms with van der Waals surface area (Å²) in [7, 11) is 0. The third kappa shape index (κ3) is 1.93. The average Bonchev–Trinajstić information content (AvgIpc) is 3.20. The molecule has 3 amide bonds. The largest absolute Gasteiger partial charge is 0.331 e. The lowest BCUT2D eigenvalue weighted by molar-refractivity contribution is 0.0776. The monoisotopic (exact) mass is 297 g/mol. The smallest absolute Gasteiger partial charge is 0.324 e. The number of anilines is 2. The molecular weight excluding hydrogens is 282 g/mol. The van der Waals surface area contributed by atoms with Crippen molar-refractivity contribution in [2.45, 2.75) is 18.9 Å². The van der Waals surface area contributed by atoms with Crippen molar-refractivity contribution in [2.75, 3.05) is 17.2 Å². The van der Waals surface area contributed by atoms with Gasteiger partial charge < -0.3 is 10.2 Å². The van der Waals surface area contributed by atoms with E-state index in [2.05, 4.69) is 20.8 Å². The van der Waals surface area contributed by atoms with Gasteiger partial charge in [0.15, 0.2) is 0 Å². The summed E-state index contributed by atoms with van der Waals surface area (Å²) < 4.78 is 0. The molecule has 1 fully saturated rings. The number of H-pyrrole nitrogens is 1. The molecule has 7 nitrogen and oxygen atoms in total. The SMILES string of the molecule is O=C(Nc1ccn[nH]1)Nc1cccc2c1[C@H]1CCCN1C2=O. The van der Waals surface area contributed by atoms with Crippen LogP contribution in [0.4, 0.5) is 16.3 Å². The van der Waals surface area contributed by atoms with Gasteiger partial charge in [-0.25, -0.2) is 4.79 Å². The van der Waals surface area contributed by atoms with Crippen molar-refractivity contribution < 1.29 is 9.59 Å². The van der Waals surface area contributed by atoms with Crippen molar-refractivity contribution >= 4 is 23.4 Å². The molecule has 0 saturated carbocycles. The van der Waals surface area contributed by atoms with E-state index in [1.54, 1.807) is 18.3 Å². The van der Waals surface area contributed by atoms with Gasteiger partial charge in [-0.2, -0.15) is 5.10 Å². The highest BCUT2D eigenvalue weighted by atomic mass is 16.2. The first-order chi connectivity index (χ1) is 10.7. The molecular formula is C15H15N5O2. The summed E-state index contributed by atoms with van der Waals surface area (Å²) in [5, 5.41) is 11.9. The first-order valence-corrected chi connectivity index (χ1v) is 7.25. The second kappa shape index (κ2) is 4.87. The molecule has 3 N–H and O–H groups in total. The summed E-state index contributed by atoms with van der Waals surface area (Å²) >= 11 is 0. The van der Waals surface area contributed by atoms with E-state index in [-0.39, 0.29) is 18.0 Å². The lowest BCUT2D eigenvalue weighted by Gasteiger charge is -2.17. The van der Waals surface area contributed by atoms with E-state index in [1.807, 2.05) is 17.0 Å². The number of hydrogen-bond acceptors (Lipinski definition) is 3. The van der Waals surface area contributed by atoms with E-state index in [4.69, 9.17) is 0 Å². The van der Waals surface area contributed by atoms with Crippen molar-refractivity contribution in [1.29, 1.82) is 0 Å². The van der Waals surface area contributed by atoms with Gasteiger partial charge >= 0.3 is 6.03 Å². The van der Waals surface area contributed by atoms with Crippen LogP contribution < -0.4 is 10.6 Å². The van der Waals surface area contributed by atoms with Gasteiger partial charge in [0.2, 0.25) is 0 Å². The molecule has 112 valence electrons. The number of hydrogen-bond donors (Lipinski definition) is 3. The Kier molecular flexibility index (Phi) is 2.85. The van der Waals surface area contributed by atoms with Crippen LogP contribution in [-0.2, 0) is 0 Å². The van der Waals surface area contributed by atoms with Crippen LogP contribution in [0.3, 0.4) is 0 Å². The van der Waals surface area contributed by atoms with E-state index in [9.17, 15) is 9.59 Å². The maximum Gasteiger partial charge on any atom is 0.324 e. The summed E-state index contributed by atoms with van der Waals surface area (Å²) in [6.45, 7) is 0.790. The number of urea groups is 1. The molecule has 2 aliphatic rings. The van der Waals surface area contributed by atoms with Gasteiger partial charge in [-0.1, -0.05) is 6.07 Å². The molecule has 1 saturated heterocycles. The van der Waals surface area contributed by atoms with Crippen molar-refractivity contribution in [3.05, 3.63) is 41.6 Å². The summed E-state index contributed by atoms with van der Waals surface area (Å²) in [4.78, 5) is 26.3. The molecule has 0 spiro atoms. The minimum Gasteiger partial charge on any atom is -0.331 e. The first kappa shape index (κ1) is 12.9. The normalized spacial score (nSPS) is 19.0. The second-order valence-corrected chi connectivity index (χ2v) is 5.47. The number of amides is 3. The van der Waals surface area contributed by atoms with E-state index in [1.165, 1.54) is 0 Å². The Labute approximate surface area is 126 Å². The van der Waals surface area contributed by atoms with E-state index in [0.717, 1.165) is 24.9 Å². The van der Waals surface area contributed by atoms with Gasteiger partial charge in [0, 0.05) is 29.4 Å². The van der Waals surface area contributed by atoms with Gasteiger partial charge in [-0.15, -0.1) is 0 Å². The standard InChI is InChI=1S/C15H15N5O2/c21-14-9-3-1-4-10(13(9)11-5-2-8-20(11)14)17-15(22)18-12-6-7-16-19-12/h1,3-4,6-7,11H,2,5,8H2,(H3,16,17,18,19,22)/t11-/m1/s1. The Morgan fingerprint density at radius 1 is 1.32 bits per heavy atom. The zero-order chi connectivity index (χ0) is 15.1. The number of aromatic amines is 1. The number of rotatable bonds is 2. The minimum absolute atomic E-state index is 0.0649. The van der Waals surface area contributed by atoms with Crippen LogP contribution in [0.1, 0.15) is 34.8 Å². The van der Waals surface area contributed by atoms with Crippen LogP contribution in [0.5, 0.6) is 0 Å². The van der Waals surface area contributed by atoms with Gasteiger partial charge in [-0.05, 0) is 25.0 Å². The Balaban J connectivity index is 1.61. The zero-order valence-electron chi connectivity index (χ0n) is 11.8. The van der Waals surface area contributed by atoms with Gasteiger partial charge in [0.1, 0.15) is 5.82 Å². The molecule has 2 aromatic rings. The van der Waals surface area contributed by atoms with Crippen LogP contribution in [0.15, 0.2) is 30.5 Å². The molecule has 3 heterocycles. The summed E-state index contributed by atoms with van der Waals surface area (Å²) in [5.74, 6) is 0.582. The Hall–Kier alpha value is -2.83. The lowest BCUT2D eigenvalue weighted by Crippen LogP contribution is -2.23. The predicted molar refractivity (Wildman–Crippen MR) is 80.7 cm³/mol. The summed E-state index contributed by atoms with van der Waals surface area (Å²) in [6.07, 6.45) is 3.51.